The molecular weight excluding hydrogens is 174 g/mol. The minimum atomic E-state index is 0.348. The van der Waals surface area contributed by atoms with Gasteiger partial charge in [0.25, 0.3) is 0 Å². The number of nitrogens with one attached hydrogen (secondary N) is 1. The molecule has 0 aromatic carbocycles. The Bertz CT molecular complexity index is 158. The zero-order valence-corrected chi connectivity index (χ0v) is 9.79. The van der Waals surface area contributed by atoms with Crippen molar-refractivity contribution in [3.8, 4) is 0 Å². The van der Waals surface area contributed by atoms with E-state index in [1.54, 1.807) is 0 Å². The van der Waals surface area contributed by atoms with Crippen molar-refractivity contribution in [2.75, 3.05) is 13.2 Å². The molecule has 1 fully saturated rings. The first kappa shape index (κ1) is 12.0. The van der Waals surface area contributed by atoms with Gasteiger partial charge < -0.3 is 10.4 Å². The summed E-state index contributed by atoms with van der Waals surface area (Å²) in [6.07, 6.45) is 3.76. The van der Waals surface area contributed by atoms with Crippen LogP contribution in [0.25, 0.3) is 0 Å². The maximum Gasteiger partial charge on any atom is 0.0474 e. The molecule has 2 heteroatoms. The van der Waals surface area contributed by atoms with Gasteiger partial charge in [0.15, 0.2) is 0 Å². The van der Waals surface area contributed by atoms with Crippen LogP contribution < -0.4 is 5.32 Å². The highest BCUT2D eigenvalue weighted by molar-refractivity contribution is 4.85. The van der Waals surface area contributed by atoms with E-state index in [2.05, 4.69) is 26.1 Å². The van der Waals surface area contributed by atoms with Crippen molar-refractivity contribution in [1.82, 2.24) is 5.32 Å². The Morgan fingerprint density at radius 2 is 2.07 bits per heavy atom. The molecule has 0 aromatic heterocycles. The number of rotatable bonds is 4. The van der Waals surface area contributed by atoms with Gasteiger partial charge >= 0.3 is 0 Å². The topological polar surface area (TPSA) is 32.3 Å². The summed E-state index contributed by atoms with van der Waals surface area (Å²) in [5.74, 6) is 2.07. The van der Waals surface area contributed by atoms with Crippen LogP contribution in [0.4, 0.5) is 0 Å². The molecular formula is C12H25NO. The van der Waals surface area contributed by atoms with Crippen LogP contribution in [0.2, 0.25) is 0 Å². The molecule has 0 aliphatic heterocycles. The minimum Gasteiger partial charge on any atom is -0.396 e. The van der Waals surface area contributed by atoms with Crippen molar-refractivity contribution in [1.29, 1.82) is 0 Å². The molecule has 1 aliphatic carbocycles. The lowest BCUT2D eigenvalue weighted by atomic mass is 9.74. The van der Waals surface area contributed by atoms with E-state index in [1.807, 2.05) is 0 Å². The van der Waals surface area contributed by atoms with E-state index in [9.17, 15) is 5.11 Å². The molecule has 2 nitrogen and oxygen atoms in total. The van der Waals surface area contributed by atoms with Gasteiger partial charge in [-0.3, -0.25) is 0 Å². The third kappa shape index (κ3) is 2.96. The minimum absolute atomic E-state index is 0.348. The molecule has 3 atom stereocenters. The van der Waals surface area contributed by atoms with Gasteiger partial charge in [-0.2, -0.15) is 0 Å². The van der Waals surface area contributed by atoms with E-state index >= 15 is 0 Å². The predicted octanol–water partition coefficient (Wildman–Crippen LogP) is 2.03. The van der Waals surface area contributed by atoms with Crippen molar-refractivity contribution in [2.24, 2.45) is 17.8 Å². The molecule has 1 rings (SSSR count). The molecule has 84 valence electrons. The normalized spacial score (nSPS) is 33.6. The van der Waals surface area contributed by atoms with E-state index in [1.165, 1.54) is 19.3 Å². The summed E-state index contributed by atoms with van der Waals surface area (Å²) in [7, 11) is 0. The quantitative estimate of drug-likeness (QED) is 0.726. The van der Waals surface area contributed by atoms with Crippen LogP contribution in [0.5, 0.6) is 0 Å². The van der Waals surface area contributed by atoms with Crippen molar-refractivity contribution in [2.45, 2.75) is 46.1 Å². The summed E-state index contributed by atoms with van der Waals surface area (Å²) < 4.78 is 0. The van der Waals surface area contributed by atoms with Gasteiger partial charge in [-0.1, -0.05) is 20.8 Å². The van der Waals surface area contributed by atoms with E-state index in [0.29, 0.717) is 18.6 Å². The van der Waals surface area contributed by atoms with Crippen LogP contribution in [-0.4, -0.2) is 24.3 Å². The van der Waals surface area contributed by atoms with Crippen LogP contribution in [0.1, 0.15) is 40.0 Å². The van der Waals surface area contributed by atoms with Crippen LogP contribution in [-0.2, 0) is 0 Å². The summed E-state index contributed by atoms with van der Waals surface area (Å²) in [5.41, 5.74) is 0. The fourth-order valence-corrected chi connectivity index (χ4v) is 2.64. The number of aliphatic hydroxyl groups excluding tert-OH is 1. The lowest BCUT2D eigenvalue weighted by Crippen LogP contribution is -2.42. The summed E-state index contributed by atoms with van der Waals surface area (Å²) in [5, 5.41) is 12.8. The third-order valence-corrected chi connectivity index (χ3v) is 3.67. The average Bonchev–Trinajstić information content (AvgIpc) is 2.18. The van der Waals surface area contributed by atoms with Gasteiger partial charge in [-0.05, 0) is 43.6 Å². The van der Waals surface area contributed by atoms with E-state index in [-0.39, 0.29) is 0 Å². The molecule has 14 heavy (non-hydrogen) atoms. The largest absolute Gasteiger partial charge is 0.396 e. The zero-order chi connectivity index (χ0) is 10.6. The monoisotopic (exact) mass is 199 g/mol. The summed E-state index contributed by atoms with van der Waals surface area (Å²) in [4.78, 5) is 0. The van der Waals surface area contributed by atoms with Gasteiger partial charge in [-0.15, -0.1) is 0 Å². The molecule has 0 spiro atoms. The van der Waals surface area contributed by atoms with Crippen LogP contribution in [0.15, 0.2) is 0 Å². The van der Waals surface area contributed by atoms with Crippen molar-refractivity contribution in [3.05, 3.63) is 0 Å². The van der Waals surface area contributed by atoms with Crippen molar-refractivity contribution in [3.63, 3.8) is 0 Å². The fourth-order valence-electron chi connectivity index (χ4n) is 2.64. The highest BCUT2D eigenvalue weighted by Crippen LogP contribution is 2.33. The van der Waals surface area contributed by atoms with E-state index < -0.39 is 0 Å². The van der Waals surface area contributed by atoms with Gasteiger partial charge in [0.2, 0.25) is 0 Å². The predicted molar refractivity (Wildman–Crippen MR) is 60.2 cm³/mol. The molecule has 1 saturated carbocycles. The third-order valence-electron chi connectivity index (χ3n) is 3.67. The number of aliphatic hydroxyl groups is 1. The maximum absolute atomic E-state index is 9.35. The first-order valence-electron chi connectivity index (χ1n) is 6.03. The highest BCUT2D eigenvalue weighted by atomic mass is 16.3. The summed E-state index contributed by atoms with van der Waals surface area (Å²) in [6, 6.07) is 0.556. The van der Waals surface area contributed by atoms with Gasteiger partial charge in [0.1, 0.15) is 0 Å². The maximum atomic E-state index is 9.35. The standard InChI is InChI=1S/C12H25NO/c1-4-13-12-6-5-10(9(2)3)7-11(12)8-14/h9-14H,4-8H2,1-3H3. The average molecular weight is 199 g/mol. The zero-order valence-electron chi connectivity index (χ0n) is 9.79. The Morgan fingerprint density at radius 3 is 2.57 bits per heavy atom. The Balaban J connectivity index is 2.46. The van der Waals surface area contributed by atoms with Gasteiger partial charge in [0, 0.05) is 12.6 Å². The Hall–Kier alpha value is -0.0800. The molecule has 0 aromatic rings. The summed E-state index contributed by atoms with van der Waals surface area (Å²) >= 11 is 0. The van der Waals surface area contributed by atoms with E-state index in [0.717, 1.165) is 18.4 Å². The molecule has 0 bridgehead atoms. The smallest absolute Gasteiger partial charge is 0.0474 e. The molecule has 2 N–H and O–H groups in total. The van der Waals surface area contributed by atoms with Crippen molar-refractivity contribution >= 4 is 0 Å². The number of hydrogen-bond donors (Lipinski definition) is 2. The van der Waals surface area contributed by atoms with E-state index in [4.69, 9.17) is 0 Å². The lowest BCUT2D eigenvalue weighted by molar-refractivity contribution is 0.108. The van der Waals surface area contributed by atoms with Crippen molar-refractivity contribution < 1.29 is 5.11 Å². The summed E-state index contributed by atoms with van der Waals surface area (Å²) in [6.45, 7) is 8.11. The number of hydrogen-bond acceptors (Lipinski definition) is 2. The second-order valence-electron chi connectivity index (χ2n) is 4.92. The molecule has 1 aliphatic rings. The molecule has 0 heterocycles. The first-order valence-corrected chi connectivity index (χ1v) is 6.03. The lowest BCUT2D eigenvalue weighted by Gasteiger charge is -2.37. The molecule has 3 unspecified atom stereocenters. The Labute approximate surface area is 88.1 Å². The van der Waals surface area contributed by atoms with Gasteiger partial charge in [0.05, 0.1) is 0 Å². The highest BCUT2D eigenvalue weighted by Gasteiger charge is 2.30. The first-order chi connectivity index (χ1) is 6.69. The van der Waals surface area contributed by atoms with Crippen LogP contribution in [0, 0.1) is 17.8 Å². The van der Waals surface area contributed by atoms with Crippen LogP contribution in [0.3, 0.4) is 0 Å². The Kier molecular flexibility index (Phi) is 4.90. The second kappa shape index (κ2) is 5.72. The molecule has 0 saturated heterocycles. The van der Waals surface area contributed by atoms with Crippen LogP contribution >= 0.6 is 0 Å². The fraction of sp³-hybridized carbons (Fsp3) is 1.00. The second-order valence-corrected chi connectivity index (χ2v) is 4.92. The van der Waals surface area contributed by atoms with Gasteiger partial charge in [-0.25, -0.2) is 0 Å². The Morgan fingerprint density at radius 1 is 1.36 bits per heavy atom. The molecule has 0 radical (unpaired) electrons. The molecule has 0 amide bonds. The SMILES string of the molecule is CCNC1CCC(C(C)C)CC1CO.